The number of hydrogen-bond donors (Lipinski definition) is 0. The molecule has 1 aliphatic carbocycles. The van der Waals surface area contributed by atoms with Gasteiger partial charge in [0.15, 0.2) is 0 Å². The molecule has 1 aromatic carbocycles. The lowest BCUT2D eigenvalue weighted by molar-refractivity contribution is 0.157. The molecule has 2 aliphatic rings. The minimum Gasteiger partial charge on any atom is -0.493 e. The van der Waals surface area contributed by atoms with Crippen molar-refractivity contribution in [3.8, 4) is 23.1 Å². The summed E-state index contributed by atoms with van der Waals surface area (Å²) in [5.41, 5.74) is 3.63. The second-order valence-corrected chi connectivity index (χ2v) is 9.00. The predicted molar refractivity (Wildman–Crippen MR) is 121 cm³/mol. The second kappa shape index (κ2) is 8.32. The summed E-state index contributed by atoms with van der Waals surface area (Å²) in [6.07, 6.45) is 8.50. The zero-order valence-electron chi connectivity index (χ0n) is 18.3. The van der Waals surface area contributed by atoms with Crippen molar-refractivity contribution in [3.05, 3.63) is 41.9 Å². The maximum atomic E-state index is 9.34. The number of aromatic nitrogens is 3. The average Bonchev–Trinajstić information content (AvgIpc) is 3.58. The van der Waals surface area contributed by atoms with Gasteiger partial charge in [-0.1, -0.05) is 0 Å². The Hall–Kier alpha value is -2.91. The average molecular weight is 416 g/mol. The fourth-order valence-electron chi connectivity index (χ4n) is 4.75. The van der Waals surface area contributed by atoms with Crippen molar-refractivity contribution >= 4 is 11.0 Å². The molecule has 2 fully saturated rings. The number of nitrogens with zero attached hydrogens (tertiary/aromatic N) is 5. The third kappa shape index (κ3) is 4.15. The van der Waals surface area contributed by atoms with Crippen molar-refractivity contribution in [2.75, 3.05) is 19.7 Å². The molecule has 3 heterocycles. The van der Waals surface area contributed by atoms with Gasteiger partial charge in [-0.2, -0.15) is 5.26 Å². The summed E-state index contributed by atoms with van der Waals surface area (Å²) in [6.45, 7) is 5.37. The van der Waals surface area contributed by atoms with Gasteiger partial charge in [-0.05, 0) is 87.9 Å². The van der Waals surface area contributed by atoms with Crippen LogP contribution in [0.2, 0.25) is 0 Å². The van der Waals surface area contributed by atoms with Gasteiger partial charge in [0.1, 0.15) is 17.5 Å². The first kappa shape index (κ1) is 20.0. The Morgan fingerprint density at radius 2 is 1.94 bits per heavy atom. The van der Waals surface area contributed by atoms with Gasteiger partial charge in [-0.15, -0.1) is 0 Å². The molecule has 31 heavy (non-hydrogen) atoms. The van der Waals surface area contributed by atoms with Crippen molar-refractivity contribution in [3.63, 3.8) is 0 Å². The van der Waals surface area contributed by atoms with Gasteiger partial charge in [0.25, 0.3) is 0 Å². The van der Waals surface area contributed by atoms with E-state index in [0.29, 0.717) is 0 Å². The Morgan fingerprint density at radius 1 is 1.13 bits per heavy atom. The van der Waals surface area contributed by atoms with Crippen LogP contribution in [0, 0.1) is 24.2 Å². The molecule has 0 N–H and O–H groups in total. The molecular formula is C25H29N5O. The summed E-state index contributed by atoms with van der Waals surface area (Å²) in [5, 5.41) is 10.3. The fraction of sp³-hybridized carbons (Fsp3) is 0.480. The van der Waals surface area contributed by atoms with Gasteiger partial charge in [-0.25, -0.2) is 9.97 Å². The Bertz CT molecular complexity index is 1130. The maximum absolute atomic E-state index is 9.34. The summed E-state index contributed by atoms with van der Waals surface area (Å²) in [6, 6.07) is 11.1. The van der Waals surface area contributed by atoms with E-state index in [-0.39, 0.29) is 5.82 Å². The summed E-state index contributed by atoms with van der Waals surface area (Å²) in [7, 11) is 1.93. The van der Waals surface area contributed by atoms with Gasteiger partial charge >= 0.3 is 0 Å². The molecule has 0 radical (unpaired) electrons. The molecule has 2 aromatic heterocycles. The summed E-state index contributed by atoms with van der Waals surface area (Å²) in [4.78, 5) is 11.5. The third-order valence-electron chi connectivity index (χ3n) is 6.77. The number of rotatable bonds is 6. The van der Waals surface area contributed by atoms with Crippen LogP contribution >= 0.6 is 0 Å². The highest BCUT2D eigenvalue weighted by molar-refractivity contribution is 5.91. The molecule has 5 rings (SSSR count). The van der Waals surface area contributed by atoms with Gasteiger partial charge < -0.3 is 14.2 Å². The standard InChI is InChI=1S/C25H29N5O/c1-17-15-19(24-21-9-11-29(2)25(21)28-23(16-26)27-24)3-6-22(17)31-14-10-18-7-12-30(13-8-18)20-4-5-20/h3,6,9,11,15,18,20H,4-5,7-8,10,12-14H2,1-2H3. The number of nitriles is 1. The Kier molecular flexibility index (Phi) is 5.37. The number of ether oxygens (including phenoxy) is 1. The van der Waals surface area contributed by atoms with Crippen LogP contribution < -0.4 is 4.74 Å². The molecule has 0 unspecified atom stereocenters. The monoisotopic (exact) mass is 415 g/mol. The summed E-state index contributed by atoms with van der Waals surface area (Å²) < 4.78 is 8.07. The number of likely N-dealkylation sites (tertiary alicyclic amines) is 1. The third-order valence-corrected chi connectivity index (χ3v) is 6.77. The largest absolute Gasteiger partial charge is 0.493 e. The normalized spacial score (nSPS) is 17.7. The van der Waals surface area contributed by atoms with Crippen molar-refractivity contribution in [1.29, 1.82) is 5.26 Å². The smallest absolute Gasteiger partial charge is 0.234 e. The lowest BCUT2D eigenvalue weighted by atomic mass is 9.94. The van der Waals surface area contributed by atoms with Crippen molar-refractivity contribution in [1.82, 2.24) is 19.4 Å². The minimum atomic E-state index is 0.190. The first-order valence-electron chi connectivity index (χ1n) is 11.3. The Morgan fingerprint density at radius 3 is 2.65 bits per heavy atom. The van der Waals surface area contributed by atoms with E-state index in [1.165, 1.54) is 38.8 Å². The van der Waals surface area contributed by atoms with Crippen LogP contribution in [0.4, 0.5) is 0 Å². The number of aryl methyl sites for hydroxylation is 2. The molecule has 6 nitrogen and oxygen atoms in total. The van der Waals surface area contributed by atoms with E-state index in [1.54, 1.807) is 0 Å². The molecule has 1 aliphatic heterocycles. The van der Waals surface area contributed by atoms with E-state index >= 15 is 0 Å². The summed E-state index contributed by atoms with van der Waals surface area (Å²) >= 11 is 0. The van der Waals surface area contributed by atoms with Crippen LogP contribution in [0.5, 0.6) is 5.75 Å². The van der Waals surface area contributed by atoms with E-state index in [9.17, 15) is 5.26 Å². The maximum Gasteiger partial charge on any atom is 0.234 e. The molecule has 3 aromatic rings. The first-order valence-corrected chi connectivity index (χ1v) is 11.3. The van der Waals surface area contributed by atoms with E-state index in [2.05, 4.69) is 33.9 Å². The van der Waals surface area contributed by atoms with Crippen LogP contribution in [-0.2, 0) is 7.05 Å². The highest BCUT2D eigenvalue weighted by Gasteiger charge is 2.31. The molecule has 6 heteroatoms. The molecule has 1 saturated heterocycles. The van der Waals surface area contributed by atoms with Gasteiger partial charge in [0.05, 0.1) is 12.3 Å². The highest BCUT2D eigenvalue weighted by atomic mass is 16.5. The molecule has 0 bridgehead atoms. The molecule has 1 saturated carbocycles. The zero-order valence-corrected chi connectivity index (χ0v) is 18.3. The van der Waals surface area contributed by atoms with E-state index in [0.717, 1.165) is 58.6 Å². The second-order valence-electron chi connectivity index (χ2n) is 9.00. The Labute approximate surface area is 183 Å². The van der Waals surface area contributed by atoms with Gasteiger partial charge in [0, 0.05) is 30.2 Å². The lowest BCUT2D eigenvalue weighted by Gasteiger charge is -2.31. The topological polar surface area (TPSA) is 67.0 Å². The number of benzene rings is 1. The lowest BCUT2D eigenvalue weighted by Crippen LogP contribution is -2.35. The molecular weight excluding hydrogens is 386 g/mol. The van der Waals surface area contributed by atoms with Gasteiger partial charge in [-0.3, -0.25) is 0 Å². The summed E-state index contributed by atoms with van der Waals surface area (Å²) in [5.74, 6) is 1.90. The van der Waals surface area contributed by atoms with E-state index in [4.69, 9.17) is 4.74 Å². The molecule has 0 atom stereocenters. The van der Waals surface area contributed by atoms with Crippen LogP contribution in [0.3, 0.4) is 0 Å². The van der Waals surface area contributed by atoms with Crippen molar-refractivity contribution in [2.45, 2.75) is 45.1 Å². The van der Waals surface area contributed by atoms with Gasteiger partial charge in [0.2, 0.25) is 5.82 Å². The van der Waals surface area contributed by atoms with E-state index < -0.39 is 0 Å². The molecule has 0 amide bonds. The number of hydrogen-bond acceptors (Lipinski definition) is 5. The number of fused-ring (bicyclic) bond motifs is 1. The van der Waals surface area contributed by atoms with Crippen molar-refractivity contribution in [2.24, 2.45) is 13.0 Å². The van der Waals surface area contributed by atoms with Crippen LogP contribution in [0.1, 0.15) is 43.5 Å². The first-order chi connectivity index (χ1) is 15.1. The zero-order chi connectivity index (χ0) is 21.4. The predicted octanol–water partition coefficient (Wildman–Crippen LogP) is 4.46. The van der Waals surface area contributed by atoms with Crippen molar-refractivity contribution < 1.29 is 4.74 Å². The van der Waals surface area contributed by atoms with Crippen LogP contribution in [-0.4, -0.2) is 45.2 Å². The Balaban J connectivity index is 1.25. The van der Waals surface area contributed by atoms with E-state index in [1.807, 2.05) is 36.0 Å². The fourth-order valence-corrected chi connectivity index (χ4v) is 4.75. The molecule has 0 spiro atoms. The van der Waals surface area contributed by atoms with Crippen LogP contribution in [0.25, 0.3) is 22.3 Å². The SMILES string of the molecule is Cc1cc(-c2nc(C#N)nc3c2ccn3C)ccc1OCCC1CCN(C2CC2)CC1. The number of piperidine rings is 1. The minimum absolute atomic E-state index is 0.190. The quantitative estimate of drug-likeness (QED) is 0.595. The molecule has 160 valence electrons. The highest BCUT2D eigenvalue weighted by Crippen LogP contribution is 2.33. The van der Waals surface area contributed by atoms with Crippen LogP contribution in [0.15, 0.2) is 30.5 Å².